The van der Waals surface area contributed by atoms with Crippen LogP contribution in [0.25, 0.3) is 0 Å². The molecule has 0 radical (unpaired) electrons. The van der Waals surface area contributed by atoms with Crippen molar-refractivity contribution in [3.63, 3.8) is 0 Å². The number of hydrogen-bond acceptors (Lipinski definition) is 3. The van der Waals surface area contributed by atoms with Gasteiger partial charge in [0.05, 0.1) is 18.5 Å². The third kappa shape index (κ3) is 5.89. The Labute approximate surface area is 148 Å². The molecule has 1 aromatic rings. The highest BCUT2D eigenvalue weighted by atomic mass is 16.4. The Hall–Kier alpha value is -2.37. The minimum absolute atomic E-state index is 0.0382. The lowest BCUT2D eigenvalue weighted by Gasteiger charge is -2.30. The molecule has 2 rings (SSSR count). The lowest BCUT2D eigenvalue weighted by atomic mass is 9.93. The van der Waals surface area contributed by atoms with Crippen LogP contribution >= 0.6 is 0 Å². The van der Waals surface area contributed by atoms with Crippen LogP contribution in [0.3, 0.4) is 0 Å². The van der Waals surface area contributed by atoms with E-state index >= 15 is 0 Å². The van der Waals surface area contributed by atoms with Crippen LogP contribution in [0.5, 0.6) is 0 Å². The monoisotopic (exact) mass is 346 g/mol. The Kier molecular flexibility index (Phi) is 6.56. The molecule has 0 bridgehead atoms. The van der Waals surface area contributed by atoms with Crippen molar-refractivity contribution in [3.05, 3.63) is 35.9 Å². The minimum Gasteiger partial charge on any atom is -0.481 e. The largest absolute Gasteiger partial charge is 0.481 e. The number of carbonyl (C=O) groups excluding carboxylic acids is 2. The van der Waals surface area contributed by atoms with Gasteiger partial charge in [0.25, 0.3) is 0 Å². The molecule has 0 saturated heterocycles. The molecule has 1 fully saturated rings. The molecule has 0 aliphatic heterocycles. The summed E-state index contributed by atoms with van der Waals surface area (Å²) in [7, 11) is 0. The van der Waals surface area contributed by atoms with Gasteiger partial charge in [0.1, 0.15) is 0 Å². The molecule has 136 valence electrons. The van der Waals surface area contributed by atoms with Crippen molar-refractivity contribution >= 4 is 17.8 Å². The summed E-state index contributed by atoms with van der Waals surface area (Å²) in [5.41, 5.74) is 0.442. The number of carboxylic acid groups (broad SMARTS) is 1. The molecule has 6 heteroatoms. The van der Waals surface area contributed by atoms with Crippen LogP contribution in [0.2, 0.25) is 0 Å². The van der Waals surface area contributed by atoms with Gasteiger partial charge in [0.2, 0.25) is 11.8 Å². The van der Waals surface area contributed by atoms with Gasteiger partial charge in [-0.15, -0.1) is 0 Å². The van der Waals surface area contributed by atoms with E-state index < -0.39 is 11.5 Å². The zero-order valence-corrected chi connectivity index (χ0v) is 14.7. The maximum atomic E-state index is 12.4. The lowest BCUT2D eigenvalue weighted by molar-refractivity contribution is -0.140. The van der Waals surface area contributed by atoms with E-state index in [1.54, 1.807) is 0 Å². The van der Waals surface area contributed by atoms with Crippen LogP contribution in [0.4, 0.5) is 0 Å². The lowest BCUT2D eigenvalue weighted by Crippen LogP contribution is -2.51. The Morgan fingerprint density at radius 1 is 1.16 bits per heavy atom. The summed E-state index contributed by atoms with van der Waals surface area (Å²) >= 11 is 0. The number of amides is 2. The molecule has 0 spiro atoms. The molecule has 0 aromatic heterocycles. The van der Waals surface area contributed by atoms with Crippen LogP contribution in [0.1, 0.15) is 44.6 Å². The first kappa shape index (κ1) is 19.0. The average molecular weight is 346 g/mol. The van der Waals surface area contributed by atoms with E-state index in [9.17, 15) is 14.4 Å². The van der Waals surface area contributed by atoms with Crippen LogP contribution in [-0.2, 0) is 20.8 Å². The van der Waals surface area contributed by atoms with Gasteiger partial charge >= 0.3 is 5.97 Å². The normalized spacial score (nSPS) is 15.6. The zero-order chi connectivity index (χ0) is 18.3. The molecule has 0 heterocycles. The Balaban J connectivity index is 1.92. The number of aliphatic carboxylic acids is 1. The quantitative estimate of drug-likeness (QED) is 0.753. The van der Waals surface area contributed by atoms with Crippen LogP contribution in [0.15, 0.2) is 30.3 Å². The van der Waals surface area contributed by atoms with E-state index in [-0.39, 0.29) is 24.8 Å². The molecule has 1 aliphatic rings. The Bertz CT molecular complexity index is 609. The van der Waals surface area contributed by atoms with Crippen molar-refractivity contribution in [1.82, 2.24) is 10.2 Å². The van der Waals surface area contributed by atoms with Gasteiger partial charge in [-0.05, 0) is 24.8 Å². The second-order valence-corrected chi connectivity index (χ2v) is 6.78. The van der Waals surface area contributed by atoms with E-state index in [0.717, 1.165) is 18.4 Å². The van der Waals surface area contributed by atoms with Crippen LogP contribution in [-0.4, -0.2) is 46.4 Å². The number of nitrogens with one attached hydrogen (secondary N) is 1. The third-order valence-corrected chi connectivity index (χ3v) is 4.75. The van der Waals surface area contributed by atoms with Crippen molar-refractivity contribution in [1.29, 1.82) is 0 Å². The Morgan fingerprint density at radius 3 is 2.36 bits per heavy atom. The second kappa shape index (κ2) is 8.65. The predicted molar refractivity (Wildman–Crippen MR) is 94.0 cm³/mol. The minimum atomic E-state index is -0.908. The molecule has 6 nitrogen and oxygen atoms in total. The van der Waals surface area contributed by atoms with Gasteiger partial charge in [0.15, 0.2) is 0 Å². The highest BCUT2D eigenvalue weighted by Gasteiger charge is 2.37. The number of rotatable bonds is 8. The molecule has 1 saturated carbocycles. The zero-order valence-electron chi connectivity index (χ0n) is 14.7. The SMILES string of the molecule is CC(=O)N(CCc1ccccc1)CC(=O)NC1(CC(=O)O)CCCC1. The molecule has 1 aliphatic carbocycles. The summed E-state index contributed by atoms with van der Waals surface area (Å²) in [6.07, 6.45) is 3.79. The fourth-order valence-electron chi connectivity index (χ4n) is 3.45. The van der Waals surface area contributed by atoms with Crippen molar-refractivity contribution < 1.29 is 19.5 Å². The van der Waals surface area contributed by atoms with Crippen molar-refractivity contribution in [3.8, 4) is 0 Å². The number of carboxylic acids is 1. The molecule has 0 unspecified atom stereocenters. The standard InChI is InChI=1S/C19H26N2O4/c1-15(22)21(12-9-16-7-3-2-4-8-16)14-17(23)20-19(13-18(24)25)10-5-6-11-19/h2-4,7-8H,5-6,9-14H2,1H3,(H,20,23)(H,24,25). The van der Waals surface area contributed by atoms with Crippen molar-refractivity contribution in [2.24, 2.45) is 0 Å². The first-order valence-electron chi connectivity index (χ1n) is 8.72. The summed E-state index contributed by atoms with van der Waals surface area (Å²) < 4.78 is 0. The fourth-order valence-corrected chi connectivity index (χ4v) is 3.45. The van der Waals surface area contributed by atoms with E-state index in [1.165, 1.54) is 11.8 Å². The van der Waals surface area contributed by atoms with E-state index in [1.807, 2.05) is 30.3 Å². The highest BCUT2D eigenvalue weighted by molar-refractivity contribution is 5.84. The maximum absolute atomic E-state index is 12.4. The number of carbonyl (C=O) groups is 3. The fraction of sp³-hybridized carbons (Fsp3) is 0.526. The molecule has 1 aromatic carbocycles. The average Bonchev–Trinajstić information content (AvgIpc) is 2.99. The van der Waals surface area contributed by atoms with Crippen molar-refractivity contribution in [2.75, 3.05) is 13.1 Å². The summed E-state index contributed by atoms with van der Waals surface area (Å²) in [5.74, 6) is -1.36. The molecule has 0 atom stereocenters. The van der Waals surface area contributed by atoms with E-state index in [4.69, 9.17) is 5.11 Å². The third-order valence-electron chi connectivity index (χ3n) is 4.75. The number of nitrogens with zero attached hydrogens (tertiary/aromatic N) is 1. The van der Waals surface area contributed by atoms with Gasteiger partial charge in [-0.25, -0.2) is 0 Å². The second-order valence-electron chi connectivity index (χ2n) is 6.78. The van der Waals surface area contributed by atoms with Crippen LogP contribution < -0.4 is 5.32 Å². The summed E-state index contributed by atoms with van der Waals surface area (Å²) in [5, 5.41) is 12.0. The smallest absolute Gasteiger partial charge is 0.305 e. The first-order valence-corrected chi connectivity index (χ1v) is 8.72. The van der Waals surface area contributed by atoms with Gasteiger partial charge in [-0.3, -0.25) is 14.4 Å². The van der Waals surface area contributed by atoms with Gasteiger partial charge in [0, 0.05) is 13.5 Å². The van der Waals surface area contributed by atoms with E-state index in [2.05, 4.69) is 5.32 Å². The van der Waals surface area contributed by atoms with Gasteiger partial charge in [-0.1, -0.05) is 43.2 Å². The predicted octanol–water partition coefficient (Wildman–Crippen LogP) is 1.98. The summed E-state index contributed by atoms with van der Waals surface area (Å²) in [4.78, 5) is 36.9. The molecule has 2 amide bonds. The van der Waals surface area contributed by atoms with Crippen molar-refractivity contribution in [2.45, 2.75) is 51.0 Å². The number of benzene rings is 1. The molecular weight excluding hydrogens is 320 g/mol. The maximum Gasteiger partial charge on any atom is 0.305 e. The molecule has 25 heavy (non-hydrogen) atoms. The van der Waals surface area contributed by atoms with Gasteiger partial charge in [-0.2, -0.15) is 0 Å². The van der Waals surface area contributed by atoms with Gasteiger partial charge < -0.3 is 15.3 Å². The number of hydrogen-bond donors (Lipinski definition) is 2. The first-order chi connectivity index (χ1) is 11.9. The van der Waals surface area contributed by atoms with Crippen LogP contribution in [0, 0.1) is 0 Å². The van der Waals surface area contributed by atoms with E-state index in [0.29, 0.717) is 25.8 Å². The Morgan fingerprint density at radius 2 is 1.80 bits per heavy atom. The topological polar surface area (TPSA) is 86.7 Å². The highest BCUT2D eigenvalue weighted by Crippen LogP contribution is 2.32. The summed E-state index contributed by atoms with van der Waals surface area (Å²) in [6, 6.07) is 9.78. The molecule has 2 N–H and O–H groups in total. The summed E-state index contributed by atoms with van der Waals surface area (Å²) in [6.45, 7) is 1.86. The molecular formula is C19H26N2O4.